The van der Waals surface area contributed by atoms with E-state index in [1.807, 2.05) is 24.5 Å². The topological polar surface area (TPSA) is 32.3 Å². The third kappa shape index (κ3) is 4.76. The summed E-state index contributed by atoms with van der Waals surface area (Å²) < 4.78 is 5.62. The monoisotopic (exact) mass is 508 g/mol. The Morgan fingerprint density at radius 3 is 1.30 bits per heavy atom. The van der Waals surface area contributed by atoms with Gasteiger partial charge >= 0.3 is 173 Å². The summed E-state index contributed by atoms with van der Waals surface area (Å²) in [5, 5.41) is 0. The fourth-order valence-electron chi connectivity index (χ4n) is 4.32. The molecule has 148 valence electrons. The van der Waals surface area contributed by atoms with Gasteiger partial charge in [-0.25, -0.2) is 0 Å². The first-order valence-corrected chi connectivity index (χ1v) is 24.9. The molecule has 0 amide bonds. The van der Waals surface area contributed by atoms with Crippen LogP contribution in [-0.4, -0.2) is 45.4 Å². The Labute approximate surface area is 172 Å². The third-order valence-corrected chi connectivity index (χ3v) is 34.2. The van der Waals surface area contributed by atoms with Crippen molar-refractivity contribution in [2.45, 2.75) is 63.0 Å². The van der Waals surface area contributed by atoms with Crippen molar-refractivity contribution >= 4 is 47.0 Å². The number of anilines is 2. The molecule has 0 saturated heterocycles. The number of rotatable bonds is 6. The van der Waals surface area contributed by atoms with Crippen LogP contribution in [-0.2, 0) is 0 Å². The van der Waals surface area contributed by atoms with Gasteiger partial charge in [0.1, 0.15) is 0 Å². The number of pyridine rings is 2. The van der Waals surface area contributed by atoms with Crippen LogP contribution in [0.5, 0.6) is 0 Å². The van der Waals surface area contributed by atoms with Crippen molar-refractivity contribution < 1.29 is 0 Å². The number of hydrogen-bond donors (Lipinski definition) is 0. The molecular formula is C20H36N4Si2Sn. The SMILES string of the molecule is Cc1cccnc1[N]([Si](C)(C)C)[Sn]([CH3])([CH3])[N](c1ncccc1C)[Si](C)(C)C. The summed E-state index contributed by atoms with van der Waals surface area (Å²) in [5.74, 6) is 2.38. The molecule has 0 fully saturated rings. The predicted molar refractivity (Wildman–Crippen MR) is 127 cm³/mol. The van der Waals surface area contributed by atoms with Crippen LogP contribution >= 0.6 is 0 Å². The maximum absolute atomic E-state index is 4.87. The standard InChI is InChI=1S/2C9H15N2Si.2CH3.Sn/c2*1-8-6-5-7-10-9(8)11-12(2,3)4;;;/h2*5-7H,1-4H3;2*1H3;/q2*-1;;;+2. The summed E-state index contributed by atoms with van der Waals surface area (Å²) in [5.41, 5.74) is 2.55. The zero-order valence-corrected chi connectivity index (χ0v) is 23.6. The van der Waals surface area contributed by atoms with Gasteiger partial charge in [0.15, 0.2) is 0 Å². The average molecular weight is 507 g/mol. The second-order valence-electron chi connectivity index (χ2n) is 9.79. The Balaban J connectivity index is 2.75. The van der Waals surface area contributed by atoms with Crippen LogP contribution in [0.2, 0.25) is 49.2 Å². The first kappa shape index (κ1) is 22.4. The van der Waals surface area contributed by atoms with Crippen LogP contribution < -0.4 is 5.57 Å². The molecule has 0 aliphatic rings. The van der Waals surface area contributed by atoms with Crippen molar-refractivity contribution in [3.8, 4) is 0 Å². The minimum absolute atomic E-state index is 1.19. The van der Waals surface area contributed by atoms with Gasteiger partial charge in [0.25, 0.3) is 0 Å². The maximum atomic E-state index is 4.87. The third-order valence-electron chi connectivity index (χ3n) is 4.82. The van der Waals surface area contributed by atoms with Crippen molar-refractivity contribution in [3.63, 3.8) is 0 Å². The summed E-state index contributed by atoms with van der Waals surface area (Å²) >= 11 is -3.07. The number of aromatic nitrogens is 2. The van der Waals surface area contributed by atoms with Crippen molar-refractivity contribution in [2.75, 3.05) is 5.57 Å². The fourth-order valence-corrected chi connectivity index (χ4v) is 44.3. The van der Waals surface area contributed by atoms with E-state index >= 15 is 0 Å². The van der Waals surface area contributed by atoms with Gasteiger partial charge < -0.3 is 0 Å². The second kappa shape index (κ2) is 7.87. The van der Waals surface area contributed by atoms with Gasteiger partial charge in [-0.05, 0) is 0 Å². The van der Waals surface area contributed by atoms with Gasteiger partial charge in [0, 0.05) is 0 Å². The van der Waals surface area contributed by atoms with Gasteiger partial charge in [-0.3, -0.25) is 0 Å². The minimum atomic E-state index is -3.07. The quantitative estimate of drug-likeness (QED) is 0.465. The predicted octanol–water partition coefficient (Wildman–Crippen LogP) is 5.78. The zero-order valence-electron chi connectivity index (χ0n) is 18.8. The van der Waals surface area contributed by atoms with E-state index < -0.39 is 35.4 Å². The number of aryl methyl sites for hydroxylation is 2. The molecule has 2 rings (SSSR count). The van der Waals surface area contributed by atoms with Crippen molar-refractivity contribution in [1.29, 1.82) is 0 Å². The van der Waals surface area contributed by atoms with Crippen molar-refractivity contribution in [3.05, 3.63) is 47.8 Å². The first-order valence-electron chi connectivity index (χ1n) is 9.72. The molecule has 0 radical (unpaired) electrons. The molecule has 0 N–H and O–H groups in total. The van der Waals surface area contributed by atoms with Crippen LogP contribution in [0, 0.1) is 13.8 Å². The van der Waals surface area contributed by atoms with E-state index in [2.05, 4.69) is 80.7 Å². The molecular weight excluding hydrogens is 471 g/mol. The number of hydrogen-bond acceptors (Lipinski definition) is 4. The van der Waals surface area contributed by atoms with Crippen LogP contribution in [0.1, 0.15) is 11.1 Å². The Morgan fingerprint density at radius 2 is 1.04 bits per heavy atom. The van der Waals surface area contributed by atoms with E-state index in [0.717, 1.165) is 0 Å². The Bertz CT molecular complexity index is 732. The Kier molecular flexibility index (Phi) is 6.53. The molecule has 0 atom stereocenters. The summed E-state index contributed by atoms with van der Waals surface area (Å²) in [6.07, 6.45) is 3.89. The molecule has 7 heteroatoms. The molecule has 0 aliphatic heterocycles. The summed E-state index contributed by atoms with van der Waals surface area (Å²) in [4.78, 5) is 14.8. The van der Waals surface area contributed by atoms with Gasteiger partial charge in [0.2, 0.25) is 0 Å². The molecule has 4 nitrogen and oxygen atoms in total. The molecule has 0 saturated carbocycles. The van der Waals surface area contributed by atoms with Gasteiger partial charge in [-0.15, -0.1) is 0 Å². The van der Waals surface area contributed by atoms with E-state index in [1.165, 1.54) is 22.8 Å². The molecule has 2 aromatic rings. The first-order chi connectivity index (χ1) is 12.3. The van der Waals surface area contributed by atoms with E-state index in [0.29, 0.717) is 0 Å². The van der Waals surface area contributed by atoms with E-state index in [9.17, 15) is 0 Å². The van der Waals surface area contributed by atoms with Crippen molar-refractivity contribution in [1.82, 2.24) is 9.97 Å². The van der Waals surface area contributed by atoms with Crippen LogP contribution in [0.4, 0.5) is 11.6 Å². The van der Waals surface area contributed by atoms with Gasteiger partial charge in [-0.2, -0.15) is 0 Å². The summed E-state index contributed by atoms with van der Waals surface area (Å²) in [6.45, 7) is 19.1. The van der Waals surface area contributed by atoms with Gasteiger partial charge in [0.05, 0.1) is 0 Å². The molecule has 2 aromatic heterocycles. The van der Waals surface area contributed by atoms with E-state index in [-0.39, 0.29) is 0 Å². The zero-order chi connectivity index (χ0) is 20.6. The normalized spacial score (nSPS) is 12.8. The van der Waals surface area contributed by atoms with Crippen LogP contribution in [0.25, 0.3) is 0 Å². The molecule has 0 spiro atoms. The van der Waals surface area contributed by atoms with Crippen LogP contribution in [0.3, 0.4) is 0 Å². The molecule has 0 unspecified atom stereocenters. The fraction of sp³-hybridized carbons (Fsp3) is 0.500. The Morgan fingerprint density at radius 1 is 0.704 bits per heavy atom. The number of nitrogens with zero attached hydrogens (tertiary/aromatic N) is 4. The molecule has 0 bridgehead atoms. The van der Waals surface area contributed by atoms with E-state index in [4.69, 9.17) is 9.97 Å². The van der Waals surface area contributed by atoms with Gasteiger partial charge in [-0.1, -0.05) is 0 Å². The average Bonchev–Trinajstić information content (AvgIpc) is 2.48. The summed E-state index contributed by atoms with van der Waals surface area (Å²) in [7, 11) is -3.34. The molecule has 0 aromatic carbocycles. The molecule has 0 aliphatic carbocycles. The summed E-state index contributed by atoms with van der Waals surface area (Å²) in [6, 6.07) is 8.48. The van der Waals surface area contributed by atoms with E-state index in [1.54, 1.807) is 0 Å². The molecule has 2 heterocycles. The Hall–Kier alpha value is -0.868. The molecule has 27 heavy (non-hydrogen) atoms. The van der Waals surface area contributed by atoms with Crippen molar-refractivity contribution in [2.24, 2.45) is 0 Å². The second-order valence-corrected chi connectivity index (χ2v) is 33.0. The van der Waals surface area contributed by atoms with Crippen LogP contribution in [0.15, 0.2) is 36.7 Å².